The van der Waals surface area contributed by atoms with Crippen LogP contribution in [-0.2, 0) is 11.2 Å². The zero-order valence-electron chi connectivity index (χ0n) is 16.6. The lowest BCUT2D eigenvalue weighted by Gasteiger charge is -2.26. The van der Waals surface area contributed by atoms with E-state index in [0.29, 0.717) is 17.7 Å². The van der Waals surface area contributed by atoms with Crippen molar-refractivity contribution in [1.29, 1.82) is 0 Å². The van der Waals surface area contributed by atoms with Crippen LogP contribution in [0.2, 0.25) is 0 Å². The van der Waals surface area contributed by atoms with E-state index in [1.165, 1.54) is 22.8 Å². The van der Waals surface area contributed by atoms with Crippen molar-refractivity contribution in [3.63, 3.8) is 0 Å². The van der Waals surface area contributed by atoms with Crippen molar-refractivity contribution in [2.24, 2.45) is 0 Å². The first-order chi connectivity index (χ1) is 13.4. The van der Waals surface area contributed by atoms with E-state index in [1.54, 1.807) is 41.7 Å². The number of amides is 1. The van der Waals surface area contributed by atoms with Crippen LogP contribution in [0.25, 0.3) is 0 Å². The number of benzene rings is 2. The van der Waals surface area contributed by atoms with Gasteiger partial charge in [-0.05, 0) is 61.1 Å². The molecule has 2 N–H and O–H groups in total. The number of rotatable bonds is 8. The second kappa shape index (κ2) is 9.85. The smallest absolute Gasteiger partial charge is 0.247 e. The standard InChI is InChI=1S/C23H27FN2O2/c1-5-18(15-23(27)25-28)21(26(4)22-12-7-6-11-20(22)24)14-13-19-10-8-9-16(2)17(19)3/h5-12,28H,1,13-15H2,2-4H3,(H,25,27)/b21-18+. The lowest BCUT2D eigenvalue weighted by atomic mass is 9.96. The third-order valence-electron chi connectivity index (χ3n) is 5.06. The lowest BCUT2D eigenvalue weighted by Crippen LogP contribution is -2.23. The number of aryl methyl sites for hydroxylation is 2. The number of para-hydroxylation sites is 1. The van der Waals surface area contributed by atoms with Gasteiger partial charge in [-0.15, -0.1) is 0 Å². The number of hydrogen-bond acceptors (Lipinski definition) is 3. The summed E-state index contributed by atoms with van der Waals surface area (Å²) in [6, 6.07) is 12.7. The summed E-state index contributed by atoms with van der Waals surface area (Å²) in [5, 5.41) is 8.91. The van der Waals surface area contributed by atoms with Crippen molar-refractivity contribution in [3.05, 3.63) is 88.9 Å². The molecule has 0 aromatic heterocycles. The van der Waals surface area contributed by atoms with Crippen molar-refractivity contribution in [3.8, 4) is 0 Å². The normalized spacial score (nSPS) is 11.6. The fraction of sp³-hybridized carbons (Fsp3) is 0.261. The fourth-order valence-corrected chi connectivity index (χ4v) is 3.25. The first-order valence-electron chi connectivity index (χ1n) is 9.19. The maximum absolute atomic E-state index is 14.4. The molecule has 2 rings (SSSR count). The highest BCUT2D eigenvalue weighted by atomic mass is 19.1. The molecule has 1 amide bonds. The number of carbonyl (C=O) groups is 1. The predicted octanol–water partition coefficient (Wildman–Crippen LogP) is 4.85. The Morgan fingerprint density at radius 2 is 1.93 bits per heavy atom. The van der Waals surface area contributed by atoms with Crippen LogP contribution in [0.5, 0.6) is 0 Å². The van der Waals surface area contributed by atoms with Crippen molar-refractivity contribution in [2.75, 3.05) is 11.9 Å². The molecule has 2 aromatic carbocycles. The van der Waals surface area contributed by atoms with E-state index < -0.39 is 5.91 Å². The Labute approximate surface area is 166 Å². The van der Waals surface area contributed by atoms with Gasteiger partial charge in [-0.25, -0.2) is 9.87 Å². The maximum Gasteiger partial charge on any atom is 0.247 e. The molecule has 0 bridgehead atoms. The van der Waals surface area contributed by atoms with Crippen LogP contribution in [0.1, 0.15) is 29.5 Å². The first kappa shape index (κ1) is 21.4. The number of allylic oxidation sites excluding steroid dienone is 2. The summed E-state index contributed by atoms with van der Waals surface area (Å²) in [7, 11) is 1.77. The summed E-state index contributed by atoms with van der Waals surface area (Å²) < 4.78 is 14.4. The van der Waals surface area contributed by atoms with E-state index in [2.05, 4.69) is 32.6 Å². The second-order valence-electron chi connectivity index (χ2n) is 6.76. The molecule has 0 unspecified atom stereocenters. The molecule has 0 saturated heterocycles. The topological polar surface area (TPSA) is 52.6 Å². The number of nitrogens with zero attached hydrogens (tertiary/aromatic N) is 1. The third kappa shape index (κ3) is 5.08. The Balaban J connectivity index is 2.43. The van der Waals surface area contributed by atoms with Crippen LogP contribution in [-0.4, -0.2) is 18.2 Å². The van der Waals surface area contributed by atoms with Crippen molar-refractivity contribution in [1.82, 2.24) is 5.48 Å². The average Bonchev–Trinajstić information content (AvgIpc) is 2.70. The van der Waals surface area contributed by atoms with Gasteiger partial charge >= 0.3 is 0 Å². The van der Waals surface area contributed by atoms with Crippen LogP contribution in [0.4, 0.5) is 10.1 Å². The summed E-state index contributed by atoms with van der Waals surface area (Å²) >= 11 is 0. The van der Waals surface area contributed by atoms with E-state index in [9.17, 15) is 9.18 Å². The minimum atomic E-state index is -0.541. The fourth-order valence-electron chi connectivity index (χ4n) is 3.25. The molecule has 0 aliphatic heterocycles. The number of carbonyl (C=O) groups excluding carboxylic acids is 1. The summed E-state index contributed by atoms with van der Waals surface area (Å²) in [5.41, 5.74) is 7.14. The Morgan fingerprint density at radius 1 is 1.21 bits per heavy atom. The van der Waals surface area contributed by atoms with E-state index >= 15 is 0 Å². The van der Waals surface area contributed by atoms with Crippen molar-refractivity contribution >= 4 is 11.6 Å². The largest absolute Gasteiger partial charge is 0.346 e. The number of nitrogens with one attached hydrogen (secondary N) is 1. The van der Waals surface area contributed by atoms with Crippen LogP contribution >= 0.6 is 0 Å². The summed E-state index contributed by atoms with van der Waals surface area (Å²) in [4.78, 5) is 13.5. The summed E-state index contributed by atoms with van der Waals surface area (Å²) in [5.74, 6) is -0.884. The maximum atomic E-state index is 14.4. The molecule has 5 heteroatoms. The number of halogens is 1. The van der Waals surface area contributed by atoms with E-state index in [1.807, 2.05) is 6.07 Å². The van der Waals surface area contributed by atoms with Gasteiger partial charge in [0.05, 0.1) is 12.1 Å². The molecule has 28 heavy (non-hydrogen) atoms. The van der Waals surface area contributed by atoms with Gasteiger partial charge in [0.25, 0.3) is 0 Å². The van der Waals surface area contributed by atoms with Gasteiger partial charge in [0.15, 0.2) is 0 Å². The molecule has 148 valence electrons. The molecule has 0 saturated carbocycles. The zero-order chi connectivity index (χ0) is 20.7. The minimum absolute atomic E-state index is 0.0407. The van der Waals surface area contributed by atoms with Crippen LogP contribution in [0, 0.1) is 19.7 Å². The number of hydrogen-bond donors (Lipinski definition) is 2. The highest BCUT2D eigenvalue weighted by molar-refractivity contribution is 5.78. The van der Waals surface area contributed by atoms with Gasteiger partial charge in [-0.2, -0.15) is 0 Å². The van der Waals surface area contributed by atoms with E-state index in [4.69, 9.17) is 5.21 Å². The van der Waals surface area contributed by atoms with Gasteiger partial charge in [0.1, 0.15) is 5.82 Å². The molecule has 2 aromatic rings. The van der Waals surface area contributed by atoms with Gasteiger partial charge in [-0.3, -0.25) is 10.0 Å². The highest BCUT2D eigenvalue weighted by Crippen LogP contribution is 2.28. The van der Waals surface area contributed by atoms with Gasteiger partial charge in [0.2, 0.25) is 5.91 Å². The molecule has 0 radical (unpaired) electrons. The second-order valence-corrected chi connectivity index (χ2v) is 6.76. The summed E-state index contributed by atoms with van der Waals surface area (Å²) in [6.45, 7) is 7.97. The SMILES string of the molecule is C=C/C(CC(=O)NO)=C(/CCc1cccc(C)c1C)N(C)c1ccccc1F. The quantitative estimate of drug-likeness (QED) is 0.390. The first-order valence-corrected chi connectivity index (χ1v) is 9.19. The molecular formula is C23H27FN2O2. The number of anilines is 1. The molecule has 0 aliphatic rings. The average molecular weight is 382 g/mol. The Hall–Kier alpha value is -2.92. The monoisotopic (exact) mass is 382 g/mol. The minimum Gasteiger partial charge on any atom is -0.346 e. The zero-order valence-corrected chi connectivity index (χ0v) is 16.6. The molecule has 0 heterocycles. The Bertz CT molecular complexity index is 890. The Morgan fingerprint density at radius 3 is 2.57 bits per heavy atom. The van der Waals surface area contributed by atoms with E-state index in [0.717, 1.165) is 12.1 Å². The molecule has 0 fully saturated rings. The molecule has 0 atom stereocenters. The molecule has 4 nitrogen and oxygen atoms in total. The van der Waals surface area contributed by atoms with Crippen LogP contribution in [0.15, 0.2) is 66.4 Å². The van der Waals surface area contributed by atoms with Gasteiger partial charge in [-0.1, -0.05) is 43.0 Å². The molecule has 0 spiro atoms. The molecular weight excluding hydrogens is 355 g/mol. The lowest BCUT2D eigenvalue weighted by molar-refractivity contribution is -0.128. The van der Waals surface area contributed by atoms with Crippen LogP contribution in [0.3, 0.4) is 0 Å². The van der Waals surface area contributed by atoms with Gasteiger partial charge in [0, 0.05) is 12.7 Å². The predicted molar refractivity (Wildman–Crippen MR) is 111 cm³/mol. The van der Waals surface area contributed by atoms with Crippen molar-refractivity contribution in [2.45, 2.75) is 33.1 Å². The van der Waals surface area contributed by atoms with Crippen LogP contribution < -0.4 is 10.4 Å². The Kier molecular flexibility index (Phi) is 7.52. The third-order valence-corrected chi connectivity index (χ3v) is 5.06. The summed E-state index contributed by atoms with van der Waals surface area (Å²) in [6.07, 6.45) is 2.88. The van der Waals surface area contributed by atoms with Crippen molar-refractivity contribution < 1.29 is 14.4 Å². The van der Waals surface area contributed by atoms with Gasteiger partial charge < -0.3 is 4.90 Å². The molecule has 0 aliphatic carbocycles. The highest BCUT2D eigenvalue weighted by Gasteiger charge is 2.17. The van der Waals surface area contributed by atoms with E-state index in [-0.39, 0.29) is 12.2 Å². The number of hydroxylamine groups is 1.